The Kier molecular flexibility index (Phi) is 21.7. The van der Waals surface area contributed by atoms with Gasteiger partial charge in [0.1, 0.15) is 17.5 Å². The maximum Gasteiger partial charge on any atom is 0.233 e. The van der Waals surface area contributed by atoms with Gasteiger partial charge in [0.05, 0.1) is 93.4 Å². The summed E-state index contributed by atoms with van der Waals surface area (Å²) in [4.78, 5) is 50.6. The molecule has 0 aliphatic carbocycles. The predicted octanol–water partition coefficient (Wildman–Crippen LogP) is 12.6. The molecule has 2 atom stereocenters. The number of aromatic nitrogens is 9. The van der Waals surface area contributed by atoms with Crippen LogP contribution in [0.5, 0.6) is 0 Å². The molecule has 9 aromatic heterocycles. The van der Waals surface area contributed by atoms with Crippen LogP contribution in [0.2, 0.25) is 0 Å². The van der Waals surface area contributed by atoms with Crippen molar-refractivity contribution in [2.24, 2.45) is 5.73 Å². The molecular weight excluding hydrogens is 1190 g/mol. The first-order chi connectivity index (χ1) is 40.2. The average Bonchev–Trinajstić information content (AvgIpc) is 2.08. The average molecular weight is 1270 g/mol. The molecule has 10 N–H and O–H groups in total. The molecule has 2 fully saturated rings. The summed E-state index contributed by atoms with van der Waals surface area (Å²) in [7, 11) is 1.55. The number of H-pyrrole nitrogens is 1. The highest BCUT2D eigenvalue weighted by molar-refractivity contribution is 9.10. The van der Waals surface area contributed by atoms with E-state index in [1.165, 1.54) is 6.42 Å². The number of hydrogen-bond acceptors (Lipinski definition) is 20. The Morgan fingerprint density at radius 1 is 0.667 bits per heavy atom. The molecule has 2 saturated heterocycles. The summed E-state index contributed by atoms with van der Waals surface area (Å²) in [6, 6.07) is 18.0. The number of halogens is 1. The van der Waals surface area contributed by atoms with Crippen LogP contribution in [0.3, 0.4) is 0 Å². The van der Waals surface area contributed by atoms with Crippen molar-refractivity contribution >= 4 is 127 Å². The monoisotopic (exact) mass is 1260 g/mol. The fourth-order valence-corrected chi connectivity index (χ4v) is 12.9. The molecule has 25 heteroatoms. The lowest BCUT2D eigenvalue weighted by Crippen LogP contribution is -2.26. The van der Waals surface area contributed by atoms with Crippen molar-refractivity contribution < 1.29 is 23.9 Å². The van der Waals surface area contributed by atoms with Crippen molar-refractivity contribution in [3.63, 3.8) is 0 Å². The molecule has 11 rings (SSSR count). The van der Waals surface area contributed by atoms with Gasteiger partial charge < -0.3 is 47.5 Å². The van der Waals surface area contributed by atoms with Crippen molar-refractivity contribution in [1.82, 2.24) is 50.0 Å². The van der Waals surface area contributed by atoms with Gasteiger partial charge >= 0.3 is 0 Å². The van der Waals surface area contributed by atoms with Gasteiger partial charge in [0.2, 0.25) is 5.91 Å². The molecule has 0 bridgehead atoms. The third kappa shape index (κ3) is 16.9. The minimum absolute atomic E-state index is 0.0187. The number of thiophene rings is 3. The third-order valence-corrected chi connectivity index (χ3v) is 17.5. The second kappa shape index (κ2) is 28.8. The molecule has 1 amide bonds. The van der Waals surface area contributed by atoms with E-state index in [9.17, 15) is 14.4 Å². The molecule has 21 nitrogen and oxygen atoms in total. The van der Waals surface area contributed by atoms with Crippen LogP contribution in [0.4, 0.5) is 28.8 Å². The number of nitrogens with one attached hydrogen (secondary N) is 6. The van der Waals surface area contributed by atoms with Gasteiger partial charge in [0.15, 0.2) is 24.0 Å². The zero-order chi connectivity index (χ0) is 60.1. The maximum absolute atomic E-state index is 11.9. The van der Waals surface area contributed by atoms with Gasteiger partial charge in [0.25, 0.3) is 0 Å². The summed E-state index contributed by atoms with van der Waals surface area (Å²) in [6.45, 7) is 18.7. The molecule has 84 heavy (non-hydrogen) atoms. The van der Waals surface area contributed by atoms with Crippen molar-refractivity contribution in [3.05, 3.63) is 77.7 Å². The number of amides is 1. The number of aromatic amines is 1. The number of Topliss-reactive ketones (excluding diaryl/α,β-unsaturated/α-hetero) is 2. The quantitative estimate of drug-likeness (QED) is 0.0446. The van der Waals surface area contributed by atoms with Crippen LogP contribution in [-0.2, 0) is 23.9 Å². The fraction of sp³-hybridized carbons (Fsp3) is 0.441. The number of nitrogens with zero attached hydrogens (tertiary/aromatic N) is 8. The first kappa shape index (κ1) is 63.2. The van der Waals surface area contributed by atoms with Crippen molar-refractivity contribution in [2.45, 2.75) is 130 Å². The molecule has 11 heterocycles. The zero-order valence-corrected chi connectivity index (χ0v) is 53.2. The topological polar surface area (TPSA) is 285 Å². The molecule has 0 saturated carbocycles. The van der Waals surface area contributed by atoms with Crippen LogP contribution < -0.4 is 38.1 Å². The lowest BCUT2D eigenvalue weighted by atomic mass is 10.1. The van der Waals surface area contributed by atoms with Crippen LogP contribution in [0.15, 0.2) is 77.7 Å². The third-order valence-electron chi connectivity index (χ3n) is 13.1. The molecular formula is C59H77BrN16O5S3. The highest BCUT2D eigenvalue weighted by atomic mass is 79.9. The molecule has 9 aromatic rings. The smallest absolute Gasteiger partial charge is 0.233 e. The SMILES string of the molecule is CC(C)(C)Nc1cc(Br)c2sc(-c3ccnn3C3CCCCO3)cc2n1.CCC(=O)CNc1cc(N)nc2cc(-c3ccn[nH]3)sc12.CCC(=O)CNc1cc(NC(C)(C)C)nc2cc(-c3ccnn3C3CCCCO3)sc12.CNC(=O)CN. The van der Waals surface area contributed by atoms with Gasteiger partial charge in [-0.2, -0.15) is 15.3 Å². The Morgan fingerprint density at radius 2 is 1.15 bits per heavy atom. The number of ketones is 2. The highest BCUT2D eigenvalue weighted by Crippen LogP contribution is 2.42. The Morgan fingerprint density at radius 3 is 1.62 bits per heavy atom. The summed E-state index contributed by atoms with van der Waals surface area (Å²) in [6.07, 6.45) is 13.0. The number of ether oxygens (including phenoxy) is 2. The molecule has 0 radical (unpaired) electrons. The van der Waals surface area contributed by atoms with Crippen molar-refractivity contribution in [2.75, 3.05) is 66.9 Å². The summed E-state index contributed by atoms with van der Waals surface area (Å²) in [5, 5.41) is 31.7. The van der Waals surface area contributed by atoms with Crippen molar-refractivity contribution in [1.29, 1.82) is 0 Å². The minimum Gasteiger partial charge on any atom is -0.384 e. The van der Waals surface area contributed by atoms with Gasteiger partial charge in [-0.15, -0.1) is 34.0 Å². The number of carbonyl (C=O) groups excluding carboxylic acids is 3. The number of nitrogen functional groups attached to an aromatic ring is 1. The largest absolute Gasteiger partial charge is 0.384 e. The summed E-state index contributed by atoms with van der Waals surface area (Å²) >= 11 is 8.70. The first-order valence-corrected chi connectivity index (χ1v) is 31.5. The molecule has 0 aromatic carbocycles. The van der Waals surface area contributed by atoms with Gasteiger partial charge in [0, 0.05) is 79.4 Å². The van der Waals surface area contributed by atoms with Crippen LogP contribution >= 0.6 is 49.9 Å². The Balaban J connectivity index is 0.000000159. The van der Waals surface area contributed by atoms with E-state index in [-0.39, 0.29) is 47.6 Å². The van der Waals surface area contributed by atoms with Crippen LogP contribution in [0.25, 0.3) is 62.4 Å². The van der Waals surface area contributed by atoms with E-state index in [4.69, 9.17) is 30.9 Å². The van der Waals surface area contributed by atoms with Gasteiger partial charge in [-0.3, -0.25) is 19.5 Å². The Labute approximate surface area is 510 Å². The number of likely N-dealkylation sites (N-methyl/N-ethyl adjacent to an activating group) is 1. The van der Waals surface area contributed by atoms with Crippen LogP contribution in [0, 0.1) is 0 Å². The number of pyridine rings is 3. The number of carbonyl (C=O) groups is 3. The zero-order valence-electron chi connectivity index (χ0n) is 49.2. The van der Waals surface area contributed by atoms with E-state index in [2.05, 4.69) is 134 Å². The molecule has 448 valence electrons. The molecule has 2 aliphatic heterocycles. The molecule has 2 aliphatic rings. The standard InChI is InChI=1S/C23H31N5O2S.C19H23BrN4OS.C14H15N5OS.C3H8N2O/c1-5-15(29)14-24-16-13-20(27-23(2,3)4)26-17-12-19(31-22(16)17)18-9-10-25-28(18)21-8-6-7-11-30-21;1-19(2,3)23-16-10-12(20)18-13(22-16)11-15(26-18)14-7-8-21-24(14)17-6-4-5-9-25-17;1-2-8(20)7-16-10-6-13(15)18-11-5-12(21-14(10)11)9-3-4-17-19-9;1-5-3(6)2-4/h9-10,12-13,21H,5-8,11,14H2,1-4H3,(H2,24,26,27);7-8,10-11,17H,4-6,9H2,1-3H3,(H,22,23);3-6H,2,7H2,1H3,(H,17,19)(H3,15,16,18);2,4H2,1H3,(H,5,6). The Bertz CT molecular complexity index is 3630. The number of anilines is 5. The summed E-state index contributed by atoms with van der Waals surface area (Å²) < 4.78 is 20.1. The van der Waals surface area contributed by atoms with E-state index >= 15 is 0 Å². The highest BCUT2D eigenvalue weighted by Gasteiger charge is 2.24. The second-order valence-corrected chi connectivity index (χ2v) is 26.2. The number of nitrogens with two attached hydrogens (primary N) is 2. The normalized spacial score (nSPS) is 15.3. The van der Waals surface area contributed by atoms with E-state index in [0.29, 0.717) is 31.7 Å². The maximum atomic E-state index is 11.9. The van der Waals surface area contributed by atoms with Crippen LogP contribution in [0.1, 0.15) is 119 Å². The van der Waals surface area contributed by atoms with Gasteiger partial charge in [-0.25, -0.2) is 24.3 Å². The van der Waals surface area contributed by atoms with Crippen molar-refractivity contribution in [3.8, 4) is 31.7 Å². The number of hydrogen-bond donors (Lipinski definition) is 8. The second-order valence-electron chi connectivity index (χ2n) is 22.2. The summed E-state index contributed by atoms with van der Waals surface area (Å²) in [5.41, 5.74) is 18.1. The first-order valence-electron chi connectivity index (χ1n) is 28.3. The molecule has 2 unspecified atom stereocenters. The number of fused-ring (bicyclic) bond motifs is 3. The summed E-state index contributed by atoms with van der Waals surface area (Å²) in [5.74, 6) is 2.31. The Hall–Kier alpha value is -6.87. The van der Waals surface area contributed by atoms with Crippen LogP contribution in [-0.4, -0.2) is 113 Å². The number of rotatable bonds is 16. The lowest BCUT2D eigenvalue weighted by Gasteiger charge is -2.24. The van der Waals surface area contributed by atoms with E-state index in [0.717, 1.165) is 135 Å². The van der Waals surface area contributed by atoms with Gasteiger partial charge in [-0.1, -0.05) is 13.8 Å². The fourth-order valence-electron chi connectivity index (χ4n) is 9.04. The predicted molar refractivity (Wildman–Crippen MR) is 346 cm³/mol. The van der Waals surface area contributed by atoms with E-state index < -0.39 is 0 Å². The molecule has 0 spiro atoms. The lowest BCUT2D eigenvalue weighted by molar-refractivity contribution is -0.119. The van der Waals surface area contributed by atoms with E-state index in [1.54, 1.807) is 53.3 Å². The van der Waals surface area contributed by atoms with Gasteiger partial charge in [-0.05, 0) is 138 Å². The van der Waals surface area contributed by atoms with E-state index in [1.807, 2.05) is 59.9 Å². The minimum atomic E-state index is -0.130.